The summed E-state index contributed by atoms with van der Waals surface area (Å²) in [5.41, 5.74) is 0. The van der Waals surface area contributed by atoms with E-state index in [2.05, 4.69) is 29.9 Å². The Morgan fingerprint density at radius 3 is 1.64 bits per heavy atom. The second kappa shape index (κ2) is 15.3. The van der Waals surface area contributed by atoms with Gasteiger partial charge >= 0.3 is 0 Å². The zero-order chi connectivity index (χ0) is 15.7. The van der Waals surface area contributed by atoms with E-state index in [4.69, 9.17) is 0 Å². The van der Waals surface area contributed by atoms with E-state index < -0.39 is 0 Å². The Kier molecular flexibility index (Phi) is 13.5. The van der Waals surface area contributed by atoms with Crippen molar-refractivity contribution in [2.45, 2.75) is 103 Å². The smallest absolute Gasteiger partial charge is 0.163 e. The van der Waals surface area contributed by atoms with Crippen molar-refractivity contribution in [3.05, 3.63) is 12.2 Å². The van der Waals surface area contributed by atoms with Crippen LogP contribution in [0.15, 0.2) is 12.2 Å². The van der Waals surface area contributed by atoms with Crippen LogP contribution in [0, 0.1) is 0 Å². The summed E-state index contributed by atoms with van der Waals surface area (Å²) in [6.45, 7) is 4.79. The lowest BCUT2D eigenvalue weighted by Crippen LogP contribution is -2.17. The molecule has 128 valence electrons. The summed E-state index contributed by atoms with van der Waals surface area (Å²) in [5.74, 6) is 0. The Labute approximate surface area is 139 Å². The first kappa shape index (κ1) is 19.5. The number of nitrogens with zero attached hydrogens (tertiary/aromatic N) is 1. The zero-order valence-electron chi connectivity index (χ0n) is 15.2. The molecule has 0 bridgehead atoms. The molecule has 0 atom stereocenters. The van der Waals surface area contributed by atoms with Crippen LogP contribution in [0.1, 0.15) is 103 Å². The van der Waals surface area contributed by atoms with E-state index in [1.165, 1.54) is 109 Å². The standard InChI is InChI=1S/C21H40N/c1-2-3-4-5-6-7-8-9-10-11-12-13-14-16-19-22-20-17-15-18-21-22/h15,17,20H,2-14,16,18-19,21H2,1H3/q+1. The average Bonchev–Trinajstić information content (AvgIpc) is 2.56. The molecule has 1 rings (SSSR count). The molecule has 0 N–H and O–H groups in total. The normalized spacial score (nSPS) is 14.3. The minimum Gasteiger partial charge on any atom is -0.236 e. The zero-order valence-corrected chi connectivity index (χ0v) is 15.2. The van der Waals surface area contributed by atoms with Gasteiger partial charge in [-0.1, -0.05) is 90.0 Å². The van der Waals surface area contributed by atoms with E-state index >= 15 is 0 Å². The highest BCUT2D eigenvalue weighted by Gasteiger charge is 2.04. The van der Waals surface area contributed by atoms with Gasteiger partial charge in [0.1, 0.15) is 13.1 Å². The van der Waals surface area contributed by atoms with E-state index in [1.54, 1.807) is 0 Å². The molecule has 0 aromatic heterocycles. The fourth-order valence-corrected chi connectivity index (χ4v) is 3.29. The molecule has 1 heterocycles. The third-order valence-electron chi connectivity index (χ3n) is 4.81. The van der Waals surface area contributed by atoms with Crippen LogP contribution in [0.25, 0.3) is 0 Å². The van der Waals surface area contributed by atoms with Gasteiger partial charge in [0.15, 0.2) is 6.21 Å². The summed E-state index contributed by atoms with van der Waals surface area (Å²) in [6.07, 6.45) is 28.2. The van der Waals surface area contributed by atoms with Crippen LogP contribution in [-0.2, 0) is 0 Å². The second-order valence-electron chi connectivity index (χ2n) is 7.00. The van der Waals surface area contributed by atoms with Crippen LogP contribution >= 0.6 is 0 Å². The first-order valence-corrected chi connectivity index (χ1v) is 10.2. The SMILES string of the molecule is CCCCCCCCCCCCCCCC[N+]1=CC=CCC1. The van der Waals surface area contributed by atoms with Crippen molar-refractivity contribution in [2.24, 2.45) is 0 Å². The van der Waals surface area contributed by atoms with Gasteiger partial charge in [-0.05, 0) is 12.5 Å². The molecule has 0 saturated carbocycles. The number of allylic oxidation sites excluding steroid dienone is 1. The van der Waals surface area contributed by atoms with Crippen LogP contribution in [-0.4, -0.2) is 23.9 Å². The highest BCUT2D eigenvalue weighted by atomic mass is 15.0. The Hall–Kier alpha value is -0.590. The largest absolute Gasteiger partial charge is 0.236 e. The van der Waals surface area contributed by atoms with Crippen molar-refractivity contribution < 1.29 is 4.58 Å². The lowest BCUT2D eigenvalue weighted by Gasteiger charge is -2.05. The summed E-state index contributed by atoms with van der Waals surface area (Å²) in [4.78, 5) is 0. The number of hydrogen-bond donors (Lipinski definition) is 0. The second-order valence-corrected chi connectivity index (χ2v) is 7.00. The minimum absolute atomic E-state index is 1.23. The van der Waals surface area contributed by atoms with Crippen LogP contribution in [0.5, 0.6) is 0 Å². The molecule has 0 unspecified atom stereocenters. The molecule has 1 heteroatoms. The van der Waals surface area contributed by atoms with Gasteiger partial charge in [-0.25, -0.2) is 4.58 Å². The van der Waals surface area contributed by atoms with Crippen LogP contribution in [0.2, 0.25) is 0 Å². The highest BCUT2D eigenvalue weighted by Crippen LogP contribution is 2.12. The van der Waals surface area contributed by atoms with E-state index in [0.29, 0.717) is 0 Å². The monoisotopic (exact) mass is 306 g/mol. The Bertz CT molecular complexity index is 290. The number of hydrogen-bond acceptors (Lipinski definition) is 0. The third kappa shape index (κ3) is 12.0. The van der Waals surface area contributed by atoms with Crippen molar-refractivity contribution in [1.82, 2.24) is 0 Å². The van der Waals surface area contributed by atoms with E-state index in [9.17, 15) is 0 Å². The van der Waals surface area contributed by atoms with Gasteiger partial charge in [0.05, 0.1) is 0 Å². The van der Waals surface area contributed by atoms with Gasteiger partial charge in [-0.15, -0.1) is 0 Å². The van der Waals surface area contributed by atoms with Crippen LogP contribution in [0.4, 0.5) is 0 Å². The topological polar surface area (TPSA) is 3.01 Å². The van der Waals surface area contributed by atoms with Crippen molar-refractivity contribution >= 4 is 6.21 Å². The molecule has 0 saturated heterocycles. The molecule has 0 spiro atoms. The van der Waals surface area contributed by atoms with Gasteiger partial charge in [-0.3, -0.25) is 0 Å². The molecule has 0 aliphatic carbocycles. The van der Waals surface area contributed by atoms with Gasteiger partial charge in [-0.2, -0.15) is 0 Å². The first-order valence-electron chi connectivity index (χ1n) is 10.2. The highest BCUT2D eigenvalue weighted by molar-refractivity contribution is 5.66. The molecule has 0 aromatic carbocycles. The summed E-state index contributed by atoms with van der Waals surface area (Å²) in [7, 11) is 0. The fourth-order valence-electron chi connectivity index (χ4n) is 3.29. The molecular weight excluding hydrogens is 266 g/mol. The van der Waals surface area contributed by atoms with E-state index in [-0.39, 0.29) is 0 Å². The third-order valence-corrected chi connectivity index (χ3v) is 4.81. The summed E-state index contributed by atoms with van der Waals surface area (Å²) in [6, 6.07) is 0. The molecule has 1 aliphatic heterocycles. The van der Waals surface area contributed by atoms with Crippen LogP contribution < -0.4 is 0 Å². The van der Waals surface area contributed by atoms with Crippen LogP contribution in [0.3, 0.4) is 0 Å². The first-order chi connectivity index (χ1) is 10.9. The molecule has 1 nitrogen and oxygen atoms in total. The predicted octanol–water partition coefficient (Wildman–Crippen LogP) is 6.51. The predicted molar refractivity (Wildman–Crippen MR) is 100 cm³/mol. The van der Waals surface area contributed by atoms with Crippen molar-refractivity contribution in [2.75, 3.05) is 13.1 Å². The molecule has 0 radical (unpaired) electrons. The number of unbranched alkanes of at least 4 members (excludes halogenated alkanes) is 13. The van der Waals surface area contributed by atoms with Gasteiger partial charge in [0.25, 0.3) is 0 Å². The van der Waals surface area contributed by atoms with Crippen molar-refractivity contribution in [3.63, 3.8) is 0 Å². The molecule has 0 fully saturated rings. The van der Waals surface area contributed by atoms with Gasteiger partial charge in [0.2, 0.25) is 0 Å². The summed E-state index contributed by atoms with van der Waals surface area (Å²) in [5, 5.41) is 0. The summed E-state index contributed by atoms with van der Waals surface area (Å²) < 4.78 is 2.47. The van der Waals surface area contributed by atoms with E-state index in [0.717, 1.165) is 0 Å². The Morgan fingerprint density at radius 2 is 1.18 bits per heavy atom. The molecule has 0 aromatic rings. The van der Waals surface area contributed by atoms with E-state index in [1.807, 2.05) is 0 Å². The lowest BCUT2D eigenvalue weighted by molar-refractivity contribution is -0.523. The molecule has 22 heavy (non-hydrogen) atoms. The Morgan fingerprint density at radius 1 is 0.682 bits per heavy atom. The minimum atomic E-state index is 1.23. The Balaban J connectivity index is 1.71. The maximum atomic E-state index is 2.47. The average molecular weight is 307 g/mol. The van der Waals surface area contributed by atoms with Gasteiger partial charge in [0, 0.05) is 12.8 Å². The van der Waals surface area contributed by atoms with Crippen molar-refractivity contribution in [3.8, 4) is 0 Å². The molecule has 1 aliphatic rings. The maximum Gasteiger partial charge on any atom is 0.163 e. The summed E-state index contributed by atoms with van der Waals surface area (Å²) >= 11 is 0. The maximum absolute atomic E-state index is 2.47. The van der Waals surface area contributed by atoms with Gasteiger partial charge < -0.3 is 0 Å². The fraction of sp³-hybridized carbons (Fsp3) is 0.857. The number of rotatable bonds is 15. The molecular formula is C21H40N+. The lowest BCUT2D eigenvalue weighted by atomic mass is 10.0. The molecule has 0 amide bonds. The quantitative estimate of drug-likeness (QED) is 0.239. The van der Waals surface area contributed by atoms with Crippen molar-refractivity contribution in [1.29, 1.82) is 0 Å².